The maximum atomic E-state index is 13.8. The third-order valence-corrected chi connectivity index (χ3v) is 11.4. The Hall–Kier alpha value is -3.33. The molecule has 3 heterocycles. The van der Waals surface area contributed by atoms with Gasteiger partial charge in [-0.2, -0.15) is 4.31 Å². The zero-order valence-electron chi connectivity index (χ0n) is 22.4. The Kier molecular flexibility index (Phi) is 6.78. The zero-order valence-corrected chi connectivity index (χ0v) is 24.1. The van der Waals surface area contributed by atoms with E-state index in [-0.39, 0.29) is 0 Å². The first kappa shape index (κ1) is 25.6. The van der Waals surface area contributed by atoms with E-state index in [1.165, 1.54) is 34.2 Å². The van der Waals surface area contributed by atoms with Gasteiger partial charge >= 0.3 is 0 Å². The molecule has 1 fully saturated rings. The third-order valence-electron chi connectivity index (χ3n) is 8.23. The Morgan fingerprint density at radius 2 is 1.52 bits per heavy atom. The van der Waals surface area contributed by atoms with Crippen LogP contribution in [0.5, 0.6) is 0 Å². The Morgan fingerprint density at radius 1 is 0.775 bits per heavy atom. The molecule has 204 valence electrons. The van der Waals surface area contributed by atoms with Gasteiger partial charge in [0.25, 0.3) is 0 Å². The van der Waals surface area contributed by atoms with Crippen LogP contribution in [0.4, 0.5) is 5.82 Å². The van der Waals surface area contributed by atoms with Crippen molar-refractivity contribution in [3.05, 3.63) is 94.6 Å². The zero-order chi connectivity index (χ0) is 27.1. The summed E-state index contributed by atoms with van der Waals surface area (Å²) in [6, 6.07) is 23.7. The summed E-state index contributed by atoms with van der Waals surface area (Å²) in [7, 11) is -3.61. The van der Waals surface area contributed by atoms with Gasteiger partial charge in [-0.25, -0.2) is 18.4 Å². The first-order valence-electron chi connectivity index (χ1n) is 14.2. The number of nitrogens with zero attached hydrogens (tertiary/aromatic N) is 4. The van der Waals surface area contributed by atoms with E-state index in [1.807, 2.05) is 53.8 Å². The molecule has 0 atom stereocenters. The maximum Gasteiger partial charge on any atom is 0.243 e. The number of thiophene rings is 1. The molecule has 8 heteroatoms. The number of hydrogen-bond donors (Lipinski definition) is 0. The maximum absolute atomic E-state index is 13.8. The van der Waals surface area contributed by atoms with Gasteiger partial charge in [0, 0.05) is 42.9 Å². The molecule has 0 spiro atoms. The van der Waals surface area contributed by atoms with E-state index in [9.17, 15) is 8.42 Å². The summed E-state index contributed by atoms with van der Waals surface area (Å²) < 4.78 is 29.2. The average molecular weight is 569 g/mol. The molecule has 0 bridgehead atoms. The monoisotopic (exact) mass is 568 g/mol. The van der Waals surface area contributed by atoms with Gasteiger partial charge < -0.3 is 4.90 Å². The number of sulfonamides is 1. The van der Waals surface area contributed by atoms with Gasteiger partial charge in [0.05, 0.1) is 10.3 Å². The highest BCUT2D eigenvalue weighted by atomic mass is 32.2. The highest BCUT2D eigenvalue weighted by Gasteiger charge is 2.32. The second-order valence-electron chi connectivity index (χ2n) is 10.7. The molecule has 1 aliphatic carbocycles. The van der Waals surface area contributed by atoms with Crippen molar-refractivity contribution >= 4 is 48.2 Å². The number of hydrogen-bond acceptors (Lipinski definition) is 6. The molecule has 0 amide bonds. The van der Waals surface area contributed by atoms with Gasteiger partial charge in [-0.3, -0.25) is 0 Å². The first-order chi connectivity index (χ1) is 19.6. The van der Waals surface area contributed by atoms with Crippen molar-refractivity contribution in [2.75, 3.05) is 31.1 Å². The minimum absolute atomic E-state index is 0.388. The van der Waals surface area contributed by atoms with Crippen molar-refractivity contribution in [1.29, 1.82) is 0 Å². The molecule has 7 rings (SSSR count). The van der Waals surface area contributed by atoms with E-state index in [0.29, 0.717) is 31.1 Å². The molecule has 2 aliphatic rings. The van der Waals surface area contributed by atoms with E-state index in [0.717, 1.165) is 52.9 Å². The quantitative estimate of drug-likeness (QED) is 0.251. The van der Waals surface area contributed by atoms with Crippen molar-refractivity contribution in [2.45, 2.75) is 43.4 Å². The van der Waals surface area contributed by atoms with E-state index in [1.54, 1.807) is 10.4 Å². The lowest BCUT2D eigenvalue weighted by Crippen LogP contribution is -2.49. The predicted octanol–water partition coefficient (Wildman–Crippen LogP) is 6.02. The lowest BCUT2D eigenvalue weighted by atomic mass is 9.97. The molecule has 1 aliphatic heterocycles. The number of piperazine rings is 1. The predicted molar refractivity (Wildman–Crippen MR) is 163 cm³/mol. The number of fused-ring (bicyclic) bond motifs is 4. The Balaban J connectivity index is 1.19. The fourth-order valence-corrected chi connectivity index (χ4v) is 9.03. The van der Waals surface area contributed by atoms with Gasteiger partial charge in [-0.1, -0.05) is 66.7 Å². The Morgan fingerprint density at radius 3 is 2.38 bits per heavy atom. The SMILES string of the molecule is O=S(=O)(c1cccc2ccccc12)N1CCN(c2nc(CCc3ccccc3)nc3sc4c(c23)CCCC4)CC1. The van der Waals surface area contributed by atoms with Crippen LogP contribution >= 0.6 is 11.3 Å². The number of aryl methyl sites for hydroxylation is 4. The highest BCUT2D eigenvalue weighted by Crippen LogP contribution is 2.40. The Bertz CT molecular complexity index is 1790. The second-order valence-corrected chi connectivity index (χ2v) is 13.7. The molecular formula is C32H32N4O2S2. The van der Waals surface area contributed by atoms with Crippen LogP contribution in [-0.4, -0.2) is 48.9 Å². The van der Waals surface area contributed by atoms with Gasteiger partial charge in [0.2, 0.25) is 10.0 Å². The molecule has 0 N–H and O–H groups in total. The number of benzene rings is 3. The molecule has 1 saturated heterocycles. The highest BCUT2D eigenvalue weighted by molar-refractivity contribution is 7.89. The van der Waals surface area contributed by atoms with Crippen molar-refractivity contribution in [3.8, 4) is 0 Å². The minimum atomic E-state index is -3.61. The van der Waals surface area contributed by atoms with E-state index in [4.69, 9.17) is 9.97 Å². The second kappa shape index (κ2) is 10.6. The van der Waals surface area contributed by atoms with Crippen LogP contribution in [0.15, 0.2) is 77.7 Å². The molecule has 2 aromatic heterocycles. The topological polar surface area (TPSA) is 66.4 Å². The lowest BCUT2D eigenvalue weighted by molar-refractivity contribution is 0.384. The minimum Gasteiger partial charge on any atom is -0.353 e. The number of rotatable bonds is 6. The molecule has 5 aromatic rings. The van der Waals surface area contributed by atoms with Crippen LogP contribution in [0.3, 0.4) is 0 Å². The molecule has 0 saturated carbocycles. The summed E-state index contributed by atoms with van der Waals surface area (Å²) in [5.74, 6) is 1.87. The van der Waals surface area contributed by atoms with E-state index in [2.05, 4.69) is 29.2 Å². The summed E-state index contributed by atoms with van der Waals surface area (Å²) in [4.78, 5) is 15.4. The van der Waals surface area contributed by atoms with Crippen LogP contribution in [0.25, 0.3) is 21.0 Å². The van der Waals surface area contributed by atoms with Gasteiger partial charge in [0.1, 0.15) is 16.5 Å². The van der Waals surface area contributed by atoms with Gasteiger partial charge in [-0.05, 0) is 54.7 Å². The largest absolute Gasteiger partial charge is 0.353 e. The summed E-state index contributed by atoms with van der Waals surface area (Å²) in [5.41, 5.74) is 2.70. The molecule has 6 nitrogen and oxygen atoms in total. The average Bonchev–Trinajstić information content (AvgIpc) is 3.38. The third kappa shape index (κ3) is 4.68. The van der Waals surface area contributed by atoms with Crippen molar-refractivity contribution in [1.82, 2.24) is 14.3 Å². The number of anilines is 1. The molecule has 0 radical (unpaired) electrons. The fourth-order valence-electron chi connectivity index (χ4n) is 6.12. The fraction of sp³-hybridized carbons (Fsp3) is 0.312. The van der Waals surface area contributed by atoms with Crippen LogP contribution < -0.4 is 4.90 Å². The van der Waals surface area contributed by atoms with Gasteiger partial charge in [-0.15, -0.1) is 11.3 Å². The molecule has 3 aromatic carbocycles. The van der Waals surface area contributed by atoms with Gasteiger partial charge in [0.15, 0.2) is 0 Å². The standard InChI is InChI=1S/C32H32N4O2S2/c37-40(38,28-16-8-12-24-11-4-5-13-25(24)28)36-21-19-35(20-22-36)31-30-26-14-6-7-15-27(26)39-32(30)34-29(33-31)18-17-23-9-2-1-3-10-23/h1-5,8-13,16H,6-7,14-15,17-22H2. The summed E-state index contributed by atoms with van der Waals surface area (Å²) in [6.45, 7) is 2.09. The van der Waals surface area contributed by atoms with Crippen LogP contribution in [0.2, 0.25) is 0 Å². The van der Waals surface area contributed by atoms with E-state index >= 15 is 0 Å². The molecule has 0 unspecified atom stereocenters. The van der Waals surface area contributed by atoms with Crippen molar-refractivity contribution < 1.29 is 8.42 Å². The first-order valence-corrected chi connectivity index (χ1v) is 16.4. The van der Waals surface area contributed by atoms with Crippen LogP contribution in [0, 0.1) is 0 Å². The number of aromatic nitrogens is 2. The lowest BCUT2D eigenvalue weighted by Gasteiger charge is -2.35. The Labute approximate surface area is 239 Å². The summed E-state index contributed by atoms with van der Waals surface area (Å²) in [6.07, 6.45) is 6.30. The van der Waals surface area contributed by atoms with Crippen LogP contribution in [0.1, 0.15) is 34.7 Å². The normalized spacial score (nSPS) is 16.4. The van der Waals surface area contributed by atoms with E-state index < -0.39 is 10.0 Å². The van der Waals surface area contributed by atoms with Crippen molar-refractivity contribution in [3.63, 3.8) is 0 Å². The molecule has 40 heavy (non-hydrogen) atoms. The smallest absolute Gasteiger partial charge is 0.243 e. The summed E-state index contributed by atoms with van der Waals surface area (Å²) in [5, 5.41) is 2.92. The molecular weight excluding hydrogens is 537 g/mol. The van der Waals surface area contributed by atoms with Crippen LogP contribution in [-0.2, 0) is 35.7 Å². The van der Waals surface area contributed by atoms with Crippen molar-refractivity contribution in [2.24, 2.45) is 0 Å². The summed E-state index contributed by atoms with van der Waals surface area (Å²) >= 11 is 1.83.